The first-order valence-electron chi connectivity index (χ1n) is 4.05. The molecule has 1 aromatic heterocycles. The van der Waals surface area contributed by atoms with Crippen LogP contribution in [0.5, 0.6) is 0 Å². The Balaban J connectivity index is 2.63. The van der Waals surface area contributed by atoms with E-state index in [-0.39, 0.29) is 0 Å². The molecule has 0 saturated carbocycles. The fourth-order valence-electron chi connectivity index (χ4n) is 1.25. The van der Waals surface area contributed by atoms with Crippen LogP contribution in [-0.4, -0.2) is 0 Å². The molecule has 0 N–H and O–H groups in total. The highest BCUT2D eigenvalue weighted by atomic mass is 79.9. The molecule has 0 atom stereocenters. The highest BCUT2D eigenvalue weighted by Gasteiger charge is 2.07. The lowest BCUT2D eigenvalue weighted by molar-refractivity contribution is 0.582. The molecule has 68 valence electrons. The molecule has 0 saturated heterocycles. The van der Waals surface area contributed by atoms with Crippen LogP contribution in [0.3, 0.4) is 0 Å². The Bertz CT molecular complexity index is 482. The lowest BCUT2D eigenvalue weighted by atomic mass is 10.1. The van der Waals surface area contributed by atoms with E-state index in [0.29, 0.717) is 11.3 Å². The van der Waals surface area contributed by atoms with Gasteiger partial charge >= 0.3 is 0 Å². The molecule has 1 aromatic carbocycles. The van der Waals surface area contributed by atoms with Crippen LogP contribution >= 0.6 is 15.9 Å². The molecular formula is C11H6BrNO. The van der Waals surface area contributed by atoms with Crippen LogP contribution in [0, 0.1) is 11.3 Å². The van der Waals surface area contributed by atoms with Gasteiger partial charge in [0, 0.05) is 10.0 Å². The first-order chi connectivity index (χ1) is 6.81. The second-order valence-corrected chi connectivity index (χ2v) is 3.69. The Morgan fingerprint density at radius 2 is 2.14 bits per heavy atom. The van der Waals surface area contributed by atoms with Gasteiger partial charge in [0.1, 0.15) is 5.76 Å². The van der Waals surface area contributed by atoms with Crippen LogP contribution in [-0.2, 0) is 0 Å². The van der Waals surface area contributed by atoms with Gasteiger partial charge in [-0.3, -0.25) is 0 Å². The first-order valence-corrected chi connectivity index (χ1v) is 4.84. The van der Waals surface area contributed by atoms with Gasteiger partial charge in [0.2, 0.25) is 0 Å². The molecule has 14 heavy (non-hydrogen) atoms. The molecule has 2 aromatic rings. The number of nitriles is 1. The molecule has 0 radical (unpaired) electrons. The zero-order chi connectivity index (χ0) is 9.97. The minimum absolute atomic E-state index is 0.614. The van der Waals surface area contributed by atoms with E-state index in [4.69, 9.17) is 9.68 Å². The Labute approximate surface area is 89.9 Å². The van der Waals surface area contributed by atoms with Crippen LogP contribution in [0.1, 0.15) is 5.56 Å². The summed E-state index contributed by atoms with van der Waals surface area (Å²) in [5.41, 5.74) is 1.43. The van der Waals surface area contributed by atoms with Gasteiger partial charge in [0.05, 0.1) is 17.9 Å². The summed E-state index contributed by atoms with van der Waals surface area (Å²) in [6.45, 7) is 0. The van der Waals surface area contributed by atoms with Crippen molar-refractivity contribution in [1.82, 2.24) is 0 Å². The molecule has 0 aliphatic rings. The van der Waals surface area contributed by atoms with Gasteiger partial charge in [-0.25, -0.2) is 0 Å². The van der Waals surface area contributed by atoms with E-state index < -0.39 is 0 Å². The monoisotopic (exact) mass is 247 g/mol. The van der Waals surface area contributed by atoms with Crippen molar-refractivity contribution in [1.29, 1.82) is 5.26 Å². The third-order valence-corrected chi connectivity index (χ3v) is 2.38. The van der Waals surface area contributed by atoms with E-state index in [1.54, 1.807) is 18.4 Å². The zero-order valence-electron chi connectivity index (χ0n) is 7.20. The fraction of sp³-hybridized carbons (Fsp3) is 0. The summed E-state index contributed by atoms with van der Waals surface area (Å²) in [6, 6.07) is 11.2. The van der Waals surface area contributed by atoms with Crippen molar-refractivity contribution in [3.8, 4) is 17.4 Å². The quantitative estimate of drug-likeness (QED) is 0.773. The molecule has 0 fully saturated rings. The molecule has 0 spiro atoms. The average molecular weight is 248 g/mol. The minimum atomic E-state index is 0.614. The molecule has 2 rings (SSSR count). The van der Waals surface area contributed by atoms with Gasteiger partial charge in [-0.2, -0.15) is 5.26 Å². The van der Waals surface area contributed by atoms with Crippen LogP contribution in [0.25, 0.3) is 11.3 Å². The standard InChI is InChI=1S/C11H6BrNO/c12-9-4-3-8(7-13)10(6-9)11-2-1-5-14-11/h1-6H. The Morgan fingerprint density at radius 3 is 2.79 bits per heavy atom. The number of benzene rings is 1. The molecule has 0 unspecified atom stereocenters. The Kier molecular flexibility index (Phi) is 2.38. The summed E-state index contributed by atoms with van der Waals surface area (Å²) in [7, 11) is 0. The number of hydrogen-bond donors (Lipinski definition) is 0. The lowest BCUT2D eigenvalue weighted by Crippen LogP contribution is -1.81. The van der Waals surface area contributed by atoms with Crippen molar-refractivity contribution < 1.29 is 4.42 Å². The van der Waals surface area contributed by atoms with Crippen LogP contribution in [0.2, 0.25) is 0 Å². The first kappa shape index (κ1) is 9.04. The smallest absolute Gasteiger partial charge is 0.135 e. The Hall–Kier alpha value is -1.53. The second-order valence-electron chi connectivity index (χ2n) is 2.78. The predicted molar refractivity (Wildman–Crippen MR) is 56.6 cm³/mol. The molecule has 0 aliphatic carbocycles. The summed E-state index contributed by atoms with van der Waals surface area (Å²) >= 11 is 3.36. The third-order valence-electron chi connectivity index (χ3n) is 1.89. The number of rotatable bonds is 1. The maximum Gasteiger partial charge on any atom is 0.135 e. The van der Waals surface area contributed by atoms with Gasteiger partial charge in [-0.15, -0.1) is 0 Å². The normalized spacial score (nSPS) is 9.71. The van der Waals surface area contributed by atoms with Gasteiger partial charge < -0.3 is 4.42 Å². The zero-order valence-corrected chi connectivity index (χ0v) is 8.78. The van der Waals surface area contributed by atoms with E-state index in [1.807, 2.05) is 18.2 Å². The molecular weight excluding hydrogens is 242 g/mol. The van der Waals surface area contributed by atoms with Crippen LogP contribution < -0.4 is 0 Å². The van der Waals surface area contributed by atoms with Crippen LogP contribution in [0.4, 0.5) is 0 Å². The minimum Gasteiger partial charge on any atom is -0.464 e. The number of furan rings is 1. The van der Waals surface area contributed by atoms with Gasteiger partial charge in [-0.1, -0.05) is 15.9 Å². The largest absolute Gasteiger partial charge is 0.464 e. The van der Waals surface area contributed by atoms with E-state index in [2.05, 4.69) is 22.0 Å². The van der Waals surface area contributed by atoms with E-state index in [0.717, 1.165) is 10.0 Å². The van der Waals surface area contributed by atoms with Gasteiger partial charge in [0.25, 0.3) is 0 Å². The summed E-state index contributed by atoms with van der Waals surface area (Å²) in [5, 5.41) is 8.90. The Morgan fingerprint density at radius 1 is 1.29 bits per heavy atom. The topological polar surface area (TPSA) is 36.9 Å². The number of hydrogen-bond acceptors (Lipinski definition) is 2. The van der Waals surface area contributed by atoms with Gasteiger partial charge in [0.15, 0.2) is 0 Å². The molecule has 1 heterocycles. The maximum absolute atomic E-state index is 8.90. The second kappa shape index (κ2) is 3.69. The number of nitrogens with zero attached hydrogens (tertiary/aromatic N) is 1. The maximum atomic E-state index is 8.90. The van der Waals surface area contributed by atoms with Crippen molar-refractivity contribution >= 4 is 15.9 Å². The molecule has 0 amide bonds. The highest BCUT2D eigenvalue weighted by molar-refractivity contribution is 9.10. The van der Waals surface area contributed by atoms with Crippen molar-refractivity contribution in [3.05, 3.63) is 46.6 Å². The predicted octanol–water partition coefficient (Wildman–Crippen LogP) is 3.58. The molecule has 2 nitrogen and oxygen atoms in total. The summed E-state index contributed by atoms with van der Waals surface area (Å²) < 4.78 is 6.18. The van der Waals surface area contributed by atoms with E-state index >= 15 is 0 Å². The average Bonchev–Trinajstić information content (AvgIpc) is 2.70. The summed E-state index contributed by atoms with van der Waals surface area (Å²) in [5.74, 6) is 0.711. The van der Waals surface area contributed by atoms with E-state index in [9.17, 15) is 0 Å². The third kappa shape index (κ3) is 1.57. The molecule has 0 bridgehead atoms. The SMILES string of the molecule is N#Cc1ccc(Br)cc1-c1ccco1. The fourth-order valence-corrected chi connectivity index (χ4v) is 1.61. The van der Waals surface area contributed by atoms with Crippen molar-refractivity contribution in [2.45, 2.75) is 0 Å². The van der Waals surface area contributed by atoms with E-state index in [1.165, 1.54) is 0 Å². The van der Waals surface area contributed by atoms with Gasteiger partial charge in [-0.05, 0) is 30.3 Å². The number of halogens is 1. The van der Waals surface area contributed by atoms with Crippen molar-refractivity contribution in [2.24, 2.45) is 0 Å². The molecule has 3 heteroatoms. The van der Waals surface area contributed by atoms with Crippen molar-refractivity contribution in [3.63, 3.8) is 0 Å². The highest BCUT2D eigenvalue weighted by Crippen LogP contribution is 2.26. The lowest BCUT2D eigenvalue weighted by Gasteiger charge is -2.00. The van der Waals surface area contributed by atoms with Crippen molar-refractivity contribution in [2.75, 3.05) is 0 Å². The van der Waals surface area contributed by atoms with Crippen LogP contribution in [0.15, 0.2) is 45.5 Å². The summed E-state index contributed by atoms with van der Waals surface area (Å²) in [6.07, 6.45) is 1.59. The summed E-state index contributed by atoms with van der Waals surface area (Å²) in [4.78, 5) is 0. The molecule has 0 aliphatic heterocycles.